The molecule has 7 nitrogen and oxygen atoms in total. The standard InChI is InChI=1S/C38H48F5N3O4/c1-50-23-27-21-46(22-31(27)30-10-8-28(38(41,42)43)19-34(30)45-16-13-26(14-17-45)35(47)48)36(49)37(40)15-12-25(7-6-24-4-2-3-5-24)18-32(37)33-11-9-29(39)20-44-33/h8-11,19-20,24-27,31-32H,2-7,12-18,21-23H2,1H3,(H,47,48)/t25?,27-,31+,32+,37+/m1/s1. The van der Waals surface area contributed by atoms with Crippen molar-refractivity contribution in [1.29, 1.82) is 0 Å². The fraction of sp³-hybridized carbons (Fsp3) is 0.658. The van der Waals surface area contributed by atoms with E-state index in [0.717, 1.165) is 31.2 Å². The van der Waals surface area contributed by atoms with Crippen LogP contribution in [-0.2, 0) is 20.5 Å². The average molecular weight is 706 g/mol. The molecule has 1 N–H and O–H groups in total. The number of alkyl halides is 4. The number of aliphatic carboxylic acids is 1. The molecule has 1 aromatic heterocycles. The third kappa shape index (κ3) is 7.79. The number of aromatic nitrogens is 1. The van der Waals surface area contributed by atoms with Crippen LogP contribution in [0.15, 0.2) is 36.5 Å². The van der Waals surface area contributed by atoms with E-state index >= 15 is 4.39 Å². The highest BCUT2D eigenvalue weighted by Gasteiger charge is 2.54. The molecule has 1 amide bonds. The van der Waals surface area contributed by atoms with Crippen LogP contribution in [0.4, 0.5) is 27.6 Å². The van der Waals surface area contributed by atoms with Crippen LogP contribution in [0.3, 0.4) is 0 Å². The van der Waals surface area contributed by atoms with Gasteiger partial charge in [0.25, 0.3) is 5.91 Å². The number of carbonyl (C=O) groups excluding carboxylic acids is 1. The van der Waals surface area contributed by atoms with E-state index in [0.29, 0.717) is 48.5 Å². The Labute approximate surface area is 290 Å². The van der Waals surface area contributed by atoms with Gasteiger partial charge < -0.3 is 19.6 Å². The Morgan fingerprint density at radius 1 is 1.00 bits per heavy atom. The van der Waals surface area contributed by atoms with Gasteiger partial charge in [-0.3, -0.25) is 14.6 Å². The molecule has 0 bridgehead atoms. The molecule has 6 rings (SSSR count). The summed E-state index contributed by atoms with van der Waals surface area (Å²) in [6.45, 7) is 1.02. The smallest absolute Gasteiger partial charge is 0.416 e. The maximum absolute atomic E-state index is 17.5. The summed E-state index contributed by atoms with van der Waals surface area (Å²) in [6, 6.07) is 6.33. The van der Waals surface area contributed by atoms with Crippen molar-refractivity contribution >= 4 is 17.6 Å². The molecule has 2 saturated heterocycles. The molecule has 274 valence electrons. The van der Waals surface area contributed by atoms with Crippen LogP contribution in [0, 0.1) is 29.5 Å². The monoisotopic (exact) mass is 705 g/mol. The number of hydrogen-bond donors (Lipinski definition) is 1. The van der Waals surface area contributed by atoms with Gasteiger partial charge in [-0.25, -0.2) is 8.78 Å². The van der Waals surface area contributed by atoms with Crippen LogP contribution in [0.25, 0.3) is 0 Å². The number of amides is 1. The summed E-state index contributed by atoms with van der Waals surface area (Å²) in [4.78, 5) is 33.6. The number of carboxylic acid groups (broad SMARTS) is 1. The van der Waals surface area contributed by atoms with Gasteiger partial charge in [-0.1, -0.05) is 44.6 Å². The lowest BCUT2D eigenvalue weighted by Crippen LogP contribution is -2.51. The van der Waals surface area contributed by atoms with Gasteiger partial charge in [0.15, 0.2) is 5.67 Å². The van der Waals surface area contributed by atoms with Crippen molar-refractivity contribution in [3.8, 4) is 0 Å². The van der Waals surface area contributed by atoms with Crippen LogP contribution in [0.2, 0.25) is 0 Å². The maximum Gasteiger partial charge on any atom is 0.416 e. The van der Waals surface area contributed by atoms with E-state index in [2.05, 4.69) is 4.98 Å². The van der Waals surface area contributed by atoms with Crippen molar-refractivity contribution < 1.29 is 41.4 Å². The summed E-state index contributed by atoms with van der Waals surface area (Å²) in [5.41, 5.74) is -1.78. The molecule has 5 atom stereocenters. The molecule has 4 aliphatic rings. The van der Waals surface area contributed by atoms with E-state index in [-0.39, 0.29) is 51.0 Å². The lowest BCUT2D eigenvalue weighted by molar-refractivity contribution is -0.148. The minimum Gasteiger partial charge on any atom is -0.481 e. The molecule has 0 radical (unpaired) electrons. The van der Waals surface area contributed by atoms with Gasteiger partial charge in [0.1, 0.15) is 5.82 Å². The van der Waals surface area contributed by atoms with E-state index < -0.39 is 52.9 Å². The molecular weight excluding hydrogens is 657 g/mol. The zero-order valence-electron chi connectivity index (χ0n) is 28.6. The van der Waals surface area contributed by atoms with Gasteiger partial charge in [-0.05, 0) is 73.8 Å². The number of rotatable bonds is 10. The molecule has 3 heterocycles. The lowest BCUT2D eigenvalue weighted by Gasteiger charge is -2.42. The van der Waals surface area contributed by atoms with Crippen LogP contribution in [0.5, 0.6) is 0 Å². The quantitative estimate of drug-likeness (QED) is 0.253. The largest absolute Gasteiger partial charge is 0.481 e. The molecule has 1 aromatic carbocycles. The van der Waals surface area contributed by atoms with Crippen LogP contribution in [-0.4, -0.2) is 72.4 Å². The Kier molecular flexibility index (Phi) is 11.1. The number of halogens is 5. The second-order valence-electron chi connectivity index (χ2n) is 15.1. The minimum absolute atomic E-state index is 0.0189. The fourth-order valence-electron chi connectivity index (χ4n) is 9.17. The second kappa shape index (κ2) is 15.1. The van der Waals surface area contributed by atoms with Crippen molar-refractivity contribution in [3.63, 3.8) is 0 Å². The van der Waals surface area contributed by atoms with E-state index in [1.165, 1.54) is 55.9 Å². The van der Waals surface area contributed by atoms with E-state index in [9.17, 15) is 32.3 Å². The number of hydrogen-bond acceptors (Lipinski definition) is 5. The molecule has 2 aliphatic heterocycles. The van der Waals surface area contributed by atoms with Gasteiger partial charge in [0.05, 0.1) is 24.3 Å². The average Bonchev–Trinajstić information content (AvgIpc) is 3.78. The van der Waals surface area contributed by atoms with Crippen molar-refractivity contribution in [3.05, 3.63) is 59.2 Å². The number of carbonyl (C=O) groups is 2. The van der Waals surface area contributed by atoms with Crippen molar-refractivity contribution in [1.82, 2.24) is 9.88 Å². The van der Waals surface area contributed by atoms with E-state index in [1.807, 2.05) is 0 Å². The molecule has 50 heavy (non-hydrogen) atoms. The number of ether oxygens (including phenoxy) is 1. The Balaban J connectivity index is 1.27. The van der Waals surface area contributed by atoms with Crippen molar-refractivity contribution in [2.75, 3.05) is 44.8 Å². The van der Waals surface area contributed by atoms with Gasteiger partial charge in [-0.15, -0.1) is 0 Å². The first kappa shape index (κ1) is 36.5. The molecule has 12 heteroatoms. The maximum atomic E-state index is 17.5. The summed E-state index contributed by atoms with van der Waals surface area (Å²) in [6.07, 6.45) is 5.06. The number of likely N-dealkylation sites (tertiary alicyclic amines) is 1. The topological polar surface area (TPSA) is 83.0 Å². The number of anilines is 1. The predicted octanol–water partition coefficient (Wildman–Crippen LogP) is 7.99. The third-order valence-corrected chi connectivity index (χ3v) is 12.0. The normalized spacial score (nSPS) is 28.4. The van der Waals surface area contributed by atoms with Gasteiger partial charge in [0.2, 0.25) is 0 Å². The Bertz CT molecular complexity index is 1490. The minimum atomic E-state index is -4.59. The fourth-order valence-corrected chi connectivity index (χ4v) is 9.17. The molecule has 1 unspecified atom stereocenters. The Morgan fingerprint density at radius 2 is 1.72 bits per heavy atom. The van der Waals surface area contributed by atoms with Crippen molar-refractivity contribution in [2.45, 2.75) is 94.3 Å². The van der Waals surface area contributed by atoms with E-state index in [1.54, 1.807) is 4.90 Å². The lowest BCUT2D eigenvalue weighted by atomic mass is 9.68. The summed E-state index contributed by atoms with van der Waals surface area (Å²) in [5, 5.41) is 9.50. The number of benzene rings is 1. The first-order chi connectivity index (χ1) is 23.9. The van der Waals surface area contributed by atoms with Gasteiger partial charge >= 0.3 is 12.1 Å². The van der Waals surface area contributed by atoms with Gasteiger partial charge in [-0.2, -0.15) is 13.2 Å². The molecular formula is C38H48F5N3O4. The molecule has 2 aliphatic carbocycles. The molecule has 4 fully saturated rings. The highest BCUT2D eigenvalue weighted by molar-refractivity contribution is 5.87. The molecule has 2 aromatic rings. The van der Waals surface area contributed by atoms with Crippen LogP contribution in [0.1, 0.15) is 99.3 Å². The summed E-state index contributed by atoms with van der Waals surface area (Å²) in [5.74, 6) is -3.39. The number of methoxy groups -OCH3 is 1. The molecule has 2 saturated carbocycles. The Morgan fingerprint density at radius 3 is 2.36 bits per heavy atom. The summed E-state index contributed by atoms with van der Waals surface area (Å²) in [7, 11) is 1.52. The van der Waals surface area contributed by atoms with Crippen LogP contribution < -0.4 is 4.90 Å². The summed E-state index contributed by atoms with van der Waals surface area (Å²) >= 11 is 0. The highest BCUT2D eigenvalue weighted by atomic mass is 19.4. The van der Waals surface area contributed by atoms with Crippen molar-refractivity contribution in [2.24, 2.45) is 23.7 Å². The number of nitrogens with zero attached hydrogens (tertiary/aromatic N) is 3. The first-order valence-electron chi connectivity index (χ1n) is 18.1. The third-order valence-electron chi connectivity index (χ3n) is 12.0. The predicted molar refractivity (Wildman–Crippen MR) is 178 cm³/mol. The zero-order chi connectivity index (χ0) is 35.6. The molecule has 0 spiro atoms. The van der Waals surface area contributed by atoms with Gasteiger partial charge in [0, 0.05) is 62.4 Å². The SMILES string of the molecule is COC[C@H]1CN(C(=O)[C@]2(F)CCC(CCC3CCCC3)C[C@H]2c2ccc(F)cn2)C[C@@H]1c1ccc(C(F)(F)F)cc1N1CCC(C(=O)O)CC1. The van der Waals surface area contributed by atoms with Crippen LogP contribution >= 0.6 is 0 Å². The zero-order valence-corrected chi connectivity index (χ0v) is 28.6. The highest BCUT2D eigenvalue weighted by Crippen LogP contribution is 2.50. The second-order valence-corrected chi connectivity index (χ2v) is 15.1. The number of piperidine rings is 1. The first-order valence-corrected chi connectivity index (χ1v) is 18.1. The summed E-state index contributed by atoms with van der Waals surface area (Å²) < 4.78 is 78.8. The number of pyridine rings is 1. The Hall–Kier alpha value is -3.28. The van der Waals surface area contributed by atoms with E-state index in [4.69, 9.17) is 4.74 Å². The number of carboxylic acids is 1.